The molecule has 0 aliphatic rings. The minimum Gasteiger partial charge on any atom is -0.461 e. The van der Waals surface area contributed by atoms with Crippen molar-refractivity contribution >= 4 is 33.2 Å². The van der Waals surface area contributed by atoms with Gasteiger partial charge in [0.2, 0.25) is 5.89 Å². The molecule has 0 atom stereocenters. The minimum absolute atomic E-state index is 0.283. The molecule has 0 unspecified atom stereocenters. The highest BCUT2D eigenvalue weighted by atomic mass is 79.9. The van der Waals surface area contributed by atoms with E-state index in [0.29, 0.717) is 45.4 Å². The highest BCUT2D eigenvalue weighted by Gasteiger charge is 2.24. The summed E-state index contributed by atoms with van der Waals surface area (Å²) in [7, 11) is 0. The third-order valence-electron chi connectivity index (χ3n) is 3.58. The van der Waals surface area contributed by atoms with Crippen LogP contribution in [0.5, 0.6) is 0 Å². The second-order valence-electron chi connectivity index (χ2n) is 5.29. The maximum absolute atomic E-state index is 13.2. The number of thiazole rings is 1. The molecule has 0 bridgehead atoms. The predicted molar refractivity (Wildman–Crippen MR) is 101 cm³/mol. The lowest BCUT2D eigenvalue weighted by molar-refractivity contribution is 0.0519. The minimum atomic E-state index is -0.449. The largest absolute Gasteiger partial charge is 0.461 e. The Morgan fingerprint density at radius 3 is 2.62 bits per heavy atom. The number of aryl methyl sites for hydroxylation is 1. The molecule has 2 aromatic heterocycles. The van der Waals surface area contributed by atoms with E-state index in [1.54, 1.807) is 19.1 Å². The van der Waals surface area contributed by atoms with Gasteiger partial charge in [0.25, 0.3) is 0 Å². The van der Waals surface area contributed by atoms with E-state index in [1.165, 1.54) is 23.5 Å². The van der Waals surface area contributed by atoms with Crippen LogP contribution in [0.3, 0.4) is 0 Å². The van der Waals surface area contributed by atoms with Gasteiger partial charge in [0.15, 0.2) is 16.5 Å². The number of oxazole rings is 1. The summed E-state index contributed by atoms with van der Waals surface area (Å²) in [4.78, 5) is 21.9. The van der Waals surface area contributed by atoms with E-state index in [-0.39, 0.29) is 12.4 Å². The number of carbonyl (C=O) groups excluding carboxylic acids is 1. The number of benzene rings is 1. The first-order valence-electron chi connectivity index (χ1n) is 8.06. The van der Waals surface area contributed by atoms with E-state index in [0.717, 1.165) is 4.88 Å². The van der Waals surface area contributed by atoms with E-state index in [4.69, 9.17) is 9.15 Å². The topological polar surface area (TPSA) is 65.2 Å². The van der Waals surface area contributed by atoms with Gasteiger partial charge in [0.1, 0.15) is 11.5 Å². The molecule has 0 aliphatic carbocycles. The monoisotopic (exact) mass is 438 g/mol. The Hall–Kier alpha value is -2.06. The van der Waals surface area contributed by atoms with Crippen LogP contribution in [0.4, 0.5) is 4.39 Å². The molecule has 8 heteroatoms. The smallest absolute Gasteiger partial charge is 0.358 e. The van der Waals surface area contributed by atoms with Crippen LogP contribution in [0.1, 0.15) is 35.1 Å². The summed E-state index contributed by atoms with van der Waals surface area (Å²) in [6.07, 6.45) is 0.650. The Bertz CT molecular complexity index is 921. The molecule has 3 rings (SSSR count). The molecule has 3 aromatic rings. The highest BCUT2D eigenvalue weighted by molar-refractivity contribution is 9.08. The molecule has 5 nitrogen and oxygen atoms in total. The van der Waals surface area contributed by atoms with Crippen LogP contribution >= 0.6 is 27.3 Å². The Labute approximate surface area is 162 Å². The first kappa shape index (κ1) is 18.7. The summed E-state index contributed by atoms with van der Waals surface area (Å²) >= 11 is 4.70. The standard InChI is InChI=1S/C18H16BrFN2O3S/c1-3-12-15(18(23)24-4-2)22-17(26-12)16-14(21-13(9-19)25-16)10-5-7-11(20)8-6-10/h5-8H,3-4,9H2,1-2H3. The zero-order valence-corrected chi connectivity index (χ0v) is 16.6. The predicted octanol–water partition coefficient (Wildman–Crippen LogP) is 5.24. The van der Waals surface area contributed by atoms with Crippen molar-refractivity contribution in [3.05, 3.63) is 46.5 Å². The fourth-order valence-corrected chi connectivity index (χ4v) is 3.63. The van der Waals surface area contributed by atoms with Gasteiger partial charge in [0.05, 0.1) is 11.9 Å². The zero-order chi connectivity index (χ0) is 18.7. The number of ether oxygens (including phenoxy) is 1. The van der Waals surface area contributed by atoms with Crippen molar-refractivity contribution in [2.24, 2.45) is 0 Å². The second-order valence-corrected chi connectivity index (χ2v) is 6.94. The number of rotatable bonds is 6. The van der Waals surface area contributed by atoms with Gasteiger partial charge in [-0.15, -0.1) is 11.3 Å². The van der Waals surface area contributed by atoms with Crippen molar-refractivity contribution in [2.45, 2.75) is 25.6 Å². The van der Waals surface area contributed by atoms with Gasteiger partial charge in [0, 0.05) is 10.4 Å². The van der Waals surface area contributed by atoms with Gasteiger partial charge in [-0.2, -0.15) is 0 Å². The van der Waals surface area contributed by atoms with Crippen LogP contribution < -0.4 is 0 Å². The molecule has 0 spiro atoms. The number of nitrogens with zero attached hydrogens (tertiary/aromatic N) is 2. The van der Waals surface area contributed by atoms with Gasteiger partial charge >= 0.3 is 5.97 Å². The molecule has 2 heterocycles. The third-order valence-corrected chi connectivity index (χ3v) is 5.26. The maximum Gasteiger partial charge on any atom is 0.358 e. The van der Waals surface area contributed by atoms with Crippen LogP contribution in [0.25, 0.3) is 22.0 Å². The van der Waals surface area contributed by atoms with E-state index in [9.17, 15) is 9.18 Å². The molecular formula is C18H16BrFN2O3S. The number of aromatic nitrogens is 2. The van der Waals surface area contributed by atoms with E-state index in [2.05, 4.69) is 25.9 Å². The number of hydrogen-bond acceptors (Lipinski definition) is 6. The number of hydrogen-bond donors (Lipinski definition) is 0. The van der Waals surface area contributed by atoms with Crippen LogP contribution in [0.15, 0.2) is 28.7 Å². The average molecular weight is 439 g/mol. The lowest BCUT2D eigenvalue weighted by Crippen LogP contribution is -2.07. The molecule has 0 saturated heterocycles. The lowest BCUT2D eigenvalue weighted by Gasteiger charge is -1.99. The van der Waals surface area contributed by atoms with E-state index in [1.807, 2.05) is 6.92 Å². The number of esters is 1. The van der Waals surface area contributed by atoms with Crippen molar-refractivity contribution in [1.82, 2.24) is 9.97 Å². The molecular weight excluding hydrogens is 423 g/mol. The first-order chi connectivity index (χ1) is 12.6. The SMILES string of the molecule is CCOC(=O)c1nc(-c2oc(CBr)nc2-c2ccc(F)cc2)sc1CC. The van der Waals surface area contributed by atoms with Gasteiger partial charge in [-0.1, -0.05) is 22.9 Å². The Morgan fingerprint density at radius 1 is 1.27 bits per heavy atom. The number of alkyl halides is 1. The molecule has 26 heavy (non-hydrogen) atoms. The van der Waals surface area contributed by atoms with Crippen molar-refractivity contribution < 1.29 is 18.3 Å². The summed E-state index contributed by atoms with van der Waals surface area (Å²) in [5, 5.41) is 0.974. The van der Waals surface area contributed by atoms with E-state index >= 15 is 0 Å². The molecule has 0 radical (unpaired) electrons. The summed E-state index contributed by atoms with van der Waals surface area (Å²) in [6, 6.07) is 6.00. The zero-order valence-electron chi connectivity index (χ0n) is 14.2. The highest BCUT2D eigenvalue weighted by Crippen LogP contribution is 2.37. The maximum atomic E-state index is 13.2. The molecule has 136 valence electrons. The van der Waals surface area contributed by atoms with Gasteiger partial charge < -0.3 is 9.15 Å². The Morgan fingerprint density at radius 2 is 2.00 bits per heavy atom. The van der Waals surface area contributed by atoms with Gasteiger partial charge in [-0.25, -0.2) is 19.2 Å². The number of carbonyl (C=O) groups is 1. The van der Waals surface area contributed by atoms with Crippen LogP contribution in [0.2, 0.25) is 0 Å². The van der Waals surface area contributed by atoms with Crippen molar-refractivity contribution in [3.63, 3.8) is 0 Å². The van der Waals surface area contributed by atoms with Crippen LogP contribution in [0, 0.1) is 5.82 Å². The number of halogens is 2. The van der Waals surface area contributed by atoms with Gasteiger partial charge in [-0.05, 0) is 37.6 Å². The fraction of sp³-hybridized carbons (Fsp3) is 0.278. The summed E-state index contributed by atoms with van der Waals surface area (Å²) in [5.41, 5.74) is 1.57. The van der Waals surface area contributed by atoms with Crippen molar-refractivity contribution in [1.29, 1.82) is 0 Å². The summed E-state index contributed by atoms with van der Waals surface area (Å²) < 4.78 is 24.2. The quantitative estimate of drug-likeness (QED) is 0.388. The average Bonchev–Trinajstić information content (AvgIpc) is 3.26. The van der Waals surface area contributed by atoms with Crippen molar-refractivity contribution in [2.75, 3.05) is 6.61 Å². The molecule has 0 aliphatic heterocycles. The van der Waals surface area contributed by atoms with Crippen LogP contribution in [-0.4, -0.2) is 22.5 Å². The summed E-state index contributed by atoms with van der Waals surface area (Å²) in [6.45, 7) is 3.99. The van der Waals surface area contributed by atoms with E-state index < -0.39 is 5.97 Å². The normalized spacial score (nSPS) is 10.9. The Balaban J connectivity index is 2.10. The summed E-state index contributed by atoms with van der Waals surface area (Å²) in [5.74, 6) is 0.161. The molecule has 0 saturated carbocycles. The fourth-order valence-electron chi connectivity index (χ4n) is 2.42. The lowest BCUT2D eigenvalue weighted by atomic mass is 10.1. The van der Waals surface area contributed by atoms with Crippen molar-refractivity contribution in [3.8, 4) is 22.0 Å². The van der Waals surface area contributed by atoms with Crippen LogP contribution in [-0.2, 0) is 16.5 Å². The molecule has 1 aromatic carbocycles. The third kappa shape index (κ3) is 3.71. The second kappa shape index (κ2) is 8.09. The molecule has 0 amide bonds. The Kier molecular flexibility index (Phi) is 5.83. The van der Waals surface area contributed by atoms with Gasteiger partial charge in [-0.3, -0.25) is 0 Å². The first-order valence-corrected chi connectivity index (χ1v) is 9.99. The molecule has 0 N–H and O–H groups in total. The molecule has 0 fully saturated rings.